The zero-order chi connectivity index (χ0) is 20.5. The van der Waals surface area contributed by atoms with Gasteiger partial charge in [0.2, 0.25) is 0 Å². The molecule has 0 saturated carbocycles. The Balaban J connectivity index is 1.89. The van der Waals surface area contributed by atoms with E-state index in [-0.39, 0.29) is 12.5 Å². The van der Waals surface area contributed by atoms with Gasteiger partial charge in [-0.15, -0.1) is 0 Å². The van der Waals surface area contributed by atoms with Gasteiger partial charge in [-0.1, -0.05) is 11.6 Å². The number of aromatic nitrogens is 2. The first kappa shape index (κ1) is 20.6. The Bertz CT molecular complexity index is 935. The maximum absolute atomic E-state index is 12.6. The van der Waals surface area contributed by atoms with Crippen LogP contribution in [0.1, 0.15) is 27.2 Å². The van der Waals surface area contributed by atoms with Crippen LogP contribution in [0, 0.1) is 11.3 Å². The number of ether oxygens (including phenoxy) is 1. The topological polar surface area (TPSA) is 82.3 Å². The van der Waals surface area contributed by atoms with E-state index in [0.717, 1.165) is 15.7 Å². The van der Waals surface area contributed by atoms with Gasteiger partial charge < -0.3 is 14.5 Å². The first-order chi connectivity index (χ1) is 13.2. The van der Waals surface area contributed by atoms with Gasteiger partial charge >= 0.3 is 6.09 Å². The Morgan fingerprint density at radius 1 is 1.43 bits per heavy atom. The standard InChI is InChI=1S/C19H21BrClN5O2/c1-19(2,3)28-18(27)26-7-6-25(11-13(26)4-5-22)15-9-16(21)24-14-8-12(20)10-23-17(14)15/h8-10,13H,4,6-7,11H2,1-3H3/t13-/m0/s1. The largest absolute Gasteiger partial charge is 0.444 e. The van der Waals surface area contributed by atoms with Crippen LogP contribution in [0.4, 0.5) is 10.5 Å². The number of fused-ring (bicyclic) bond motifs is 1. The van der Waals surface area contributed by atoms with E-state index >= 15 is 0 Å². The number of piperazine rings is 1. The highest BCUT2D eigenvalue weighted by Gasteiger charge is 2.34. The van der Waals surface area contributed by atoms with E-state index in [1.165, 1.54) is 0 Å². The molecule has 9 heteroatoms. The van der Waals surface area contributed by atoms with Crippen LogP contribution in [0.15, 0.2) is 22.8 Å². The van der Waals surface area contributed by atoms with Crippen molar-refractivity contribution in [3.8, 4) is 6.07 Å². The first-order valence-corrected chi connectivity index (χ1v) is 10.1. The van der Waals surface area contributed by atoms with Gasteiger partial charge in [-0.3, -0.25) is 4.98 Å². The van der Waals surface area contributed by atoms with E-state index in [0.29, 0.717) is 30.3 Å². The third-order valence-electron chi connectivity index (χ3n) is 4.34. The molecule has 1 atom stereocenters. The number of rotatable bonds is 2. The van der Waals surface area contributed by atoms with Crippen molar-refractivity contribution < 1.29 is 9.53 Å². The molecule has 148 valence electrons. The quantitative estimate of drug-likeness (QED) is 0.611. The molecule has 3 rings (SSSR count). The van der Waals surface area contributed by atoms with Gasteiger partial charge in [-0.25, -0.2) is 9.78 Å². The molecule has 0 aromatic carbocycles. The van der Waals surface area contributed by atoms with Crippen LogP contribution >= 0.6 is 27.5 Å². The number of amides is 1. The molecular weight excluding hydrogens is 446 g/mol. The molecule has 0 unspecified atom stereocenters. The molecule has 1 aliphatic heterocycles. The molecule has 28 heavy (non-hydrogen) atoms. The Hall–Kier alpha value is -2.11. The van der Waals surface area contributed by atoms with Crippen molar-refractivity contribution in [3.05, 3.63) is 28.0 Å². The van der Waals surface area contributed by atoms with Crippen LogP contribution in [0.3, 0.4) is 0 Å². The summed E-state index contributed by atoms with van der Waals surface area (Å²) in [6.45, 7) is 6.99. The van der Waals surface area contributed by atoms with Crippen molar-refractivity contribution in [2.75, 3.05) is 24.5 Å². The number of nitrogens with zero attached hydrogens (tertiary/aromatic N) is 5. The van der Waals surface area contributed by atoms with Crippen molar-refractivity contribution >= 4 is 50.3 Å². The van der Waals surface area contributed by atoms with E-state index in [1.807, 2.05) is 26.8 Å². The van der Waals surface area contributed by atoms with E-state index in [2.05, 4.69) is 36.9 Å². The van der Waals surface area contributed by atoms with E-state index in [9.17, 15) is 10.1 Å². The summed E-state index contributed by atoms with van der Waals surface area (Å²) in [5, 5.41) is 9.63. The summed E-state index contributed by atoms with van der Waals surface area (Å²) in [5.74, 6) is 0. The molecule has 1 amide bonds. The molecule has 0 radical (unpaired) electrons. The molecule has 1 saturated heterocycles. The summed E-state index contributed by atoms with van der Waals surface area (Å²) in [6.07, 6.45) is 1.53. The Morgan fingerprint density at radius 3 is 2.86 bits per heavy atom. The smallest absolute Gasteiger partial charge is 0.410 e. The van der Waals surface area contributed by atoms with Gasteiger partial charge in [0.1, 0.15) is 16.3 Å². The van der Waals surface area contributed by atoms with E-state index in [1.54, 1.807) is 17.2 Å². The summed E-state index contributed by atoms with van der Waals surface area (Å²) in [4.78, 5) is 25.1. The first-order valence-electron chi connectivity index (χ1n) is 8.91. The molecule has 1 fully saturated rings. The molecule has 1 aliphatic rings. The number of halogens is 2. The van der Waals surface area contributed by atoms with Gasteiger partial charge in [0.05, 0.1) is 29.7 Å². The predicted octanol–water partition coefficient (Wildman–Crippen LogP) is 4.39. The van der Waals surface area contributed by atoms with Gasteiger partial charge in [-0.05, 0) is 42.8 Å². The summed E-state index contributed by atoms with van der Waals surface area (Å²) in [5.41, 5.74) is 1.67. The number of hydrogen-bond donors (Lipinski definition) is 0. The van der Waals surface area contributed by atoms with Crippen molar-refractivity contribution in [1.29, 1.82) is 5.26 Å². The Morgan fingerprint density at radius 2 is 2.18 bits per heavy atom. The second-order valence-corrected chi connectivity index (χ2v) is 8.92. The molecule has 0 bridgehead atoms. The summed E-state index contributed by atoms with van der Waals surface area (Å²) >= 11 is 9.63. The number of carbonyl (C=O) groups excluding carboxylic acids is 1. The maximum atomic E-state index is 12.6. The van der Waals surface area contributed by atoms with E-state index < -0.39 is 11.7 Å². The lowest BCUT2D eigenvalue weighted by atomic mass is 10.1. The van der Waals surface area contributed by atoms with Crippen LogP contribution in [-0.2, 0) is 4.74 Å². The van der Waals surface area contributed by atoms with Crippen molar-refractivity contribution in [1.82, 2.24) is 14.9 Å². The lowest BCUT2D eigenvalue weighted by molar-refractivity contribution is 0.0145. The zero-order valence-corrected chi connectivity index (χ0v) is 18.3. The summed E-state index contributed by atoms with van der Waals surface area (Å²) in [7, 11) is 0. The minimum atomic E-state index is -0.586. The fraction of sp³-hybridized carbons (Fsp3) is 0.474. The molecule has 0 aliphatic carbocycles. The summed E-state index contributed by atoms with van der Waals surface area (Å²) < 4.78 is 6.33. The van der Waals surface area contributed by atoms with Crippen molar-refractivity contribution in [3.63, 3.8) is 0 Å². The number of pyridine rings is 2. The number of carbonyl (C=O) groups is 1. The molecular formula is C19H21BrClN5O2. The summed E-state index contributed by atoms with van der Waals surface area (Å²) in [6, 6.07) is 5.53. The molecule has 2 aromatic heterocycles. The van der Waals surface area contributed by atoms with Crippen LogP contribution in [0.2, 0.25) is 5.15 Å². The zero-order valence-electron chi connectivity index (χ0n) is 15.9. The normalized spacial score (nSPS) is 17.5. The highest BCUT2D eigenvalue weighted by molar-refractivity contribution is 9.10. The Labute approximate surface area is 177 Å². The third-order valence-corrected chi connectivity index (χ3v) is 4.97. The van der Waals surface area contributed by atoms with Crippen LogP contribution in [-0.4, -0.2) is 52.2 Å². The maximum Gasteiger partial charge on any atom is 0.410 e. The second-order valence-electron chi connectivity index (χ2n) is 7.62. The average Bonchev–Trinajstić information content (AvgIpc) is 2.59. The van der Waals surface area contributed by atoms with Crippen LogP contribution in [0.5, 0.6) is 0 Å². The lowest BCUT2D eigenvalue weighted by Gasteiger charge is -2.42. The SMILES string of the molecule is CC(C)(C)OC(=O)N1CCN(c2cc(Cl)nc3cc(Br)cnc23)C[C@@H]1CC#N. The van der Waals surface area contributed by atoms with Gasteiger partial charge in [0, 0.05) is 36.4 Å². The third kappa shape index (κ3) is 4.65. The van der Waals surface area contributed by atoms with Crippen molar-refractivity contribution in [2.24, 2.45) is 0 Å². The fourth-order valence-electron chi connectivity index (χ4n) is 3.20. The molecule has 0 spiro atoms. The fourth-order valence-corrected chi connectivity index (χ4v) is 3.71. The lowest BCUT2D eigenvalue weighted by Crippen LogP contribution is -2.56. The molecule has 7 nitrogen and oxygen atoms in total. The van der Waals surface area contributed by atoms with Crippen LogP contribution < -0.4 is 4.90 Å². The molecule has 3 heterocycles. The minimum Gasteiger partial charge on any atom is -0.444 e. The van der Waals surface area contributed by atoms with Crippen molar-refractivity contribution in [2.45, 2.75) is 38.8 Å². The Kier molecular flexibility index (Phi) is 5.96. The van der Waals surface area contributed by atoms with Crippen LogP contribution in [0.25, 0.3) is 11.0 Å². The van der Waals surface area contributed by atoms with Gasteiger partial charge in [-0.2, -0.15) is 5.26 Å². The average molecular weight is 467 g/mol. The monoisotopic (exact) mass is 465 g/mol. The number of hydrogen-bond acceptors (Lipinski definition) is 6. The number of nitriles is 1. The second kappa shape index (κ2) is 8.10. The molecule has 2 aromatic rings. The van der Waals surface area contributed by atoms with Gasteiger partial charge in [0.15, 0.2) is 0 Å². The highest BCUT2D eigenvalue weighted by atomic mass is 79.9. The highest BCUT2D eigenvalue weighted by Crippen LogP contribution is 2.31. The predicted molar refractivity (Wildman–Crippen MR) is 111 cm³/mol. The minimum absolute atomic E-state index is 0.214. The molecule has 0 N–H and O–H groups in total. The van der Waals surface area contributed by atoms with Gasteiger partial charge in [0.25, 0.3) is 0 Å². The number of anilines is 1. The van der Waals surface area contributed by atoms with E-state index in [4.69, 9.17) is 16.3 Å².